The maximum absolute atomic E-state index is 12.8. The summed E-state index contributed by atoms with van der Waals surface area (Å²) in [5.41, 5.74) is -0.208. The summed E-state index contributed by atoms with van der Waals surface area (Å²) in [6, 6.07) is 5.43. The maximum Gasteiger partial charge on any atom is 0.389 e. The third-order valence-corrected chi connectivity index (χ3v) is 2.82. The van der Waals surface area contributed by atoms with Crippen molar-refractivity contribution in [2.45, 2.75) is 45.8 Å². The molecule has 0 N–H and O–H groups in total. The van der Waals surface area contributed by atoms with Gasteiger partial charge in [0.25, 0.3) is 0 Å². The summed E-state index contributed by atoms with van der Waals surface area (Å²) in [6.45, 7) is 1.49. The molecule has 1 aromatic carbocycles. The van der Waals surface area contributed by atoms with Gasteiger partial charge in [-0.25, -0.2) is 4.39 Å². The van der Waals surface area contributed by atoms with Gasteiger partial charge >= 0.3 is 18.6 Å². The summed E-state index contributed by atoms with van der Waals surface area (Å²) < 4.78 is 46.2. The molecule has 0 aromatic heterocycles. The Morgan fingerprint density at radius 1 is 1.09 bits per heavy atom. The lowest BCUT2D eigenvalue weighted by atomic mass is 9.99. The number of ether oxygens (including phenoxy) is 2. The average Bonchev–Trinajstić information content (AvgIpc) is 2.38. The molecule has 0 radical (unpaired) electrons. The van der Waals surface area contributed by atoms with Crippen LogP contribution in [0.5, 0.6) is 0 Å². The Bertz CT molecular complexity index is 535. The van der Waals surface area contributed by atoms with Gasteiger partial charge in [-0.15, -0.1) is 0 Å². The van der Waals surface area contributed by atoms with E-state index in [1.165, 1.54) is 24.3 Å². The van der Waals surface area contributed by atoms with Crippen molar-refractivity contribution < 1.29 is 32.2 Å². The van der Waals surface area contributed by atoms with E-state index in [0.717, 1.165) is 0 Å². The highest BCUT2D eigenvalue weighted by atomic mass is 19.3. The van der Waals surface area contributed by atoms with Crippen molar-refractivity contribution in [3.05, 3.63) is 35.6 Å². The lowest BCUT2D eigenvalue weighted by Crippen LogP contribution is -2.34. The predicted molar refractivity (Wildman–Crippen MR) is 76.2 cm³/mol. The van der Waals surface area contributed by atoms with Gasteiger partial charge < -0.3 is 9.47 Å². The minimum Gasteiger partial charge on any atom is -0.459 e. The molecule has 4 nitrogen and oxygen atoms in total. The van der Waals surface area contributed by atoms with Gasteiger partial charge in [-0.2, -0.15) is 8.78 Å². The standard InChI is InChI=1S/C16H19F3O4/c1-16(2,3)23-14(21)12(13(20)22-15(18)19)9-6-10-4-7-11(17)8-5-10/h4-5,7-8,12,15H,6,9H2,1-3H3. The van der Waals surface area contributed by atoms with Gasteiger partial charge in [-0.1, -0.05) is 12.1 Å². The van der Waals surface area contributed by atoms with Crippen molar-refractivity contribution >= 4 is 11.9 Å². The van der Waals surface area contributed by atoms with Gasteiger partial charge in [0.2, 0.25) is 0 Å². The Morgan fingerprint density at radius 3 is 2.13 bits per heavy atom. The molecule has 0 saturated heterocycles. The second-order valence-electron chi connectivity index (χ2n) is 5.95. The highest BCUT2D eigenvalue weighted by Crippen LogP contribution is 2.19. The molecule has 0 heterocycles. The molecule has 1 atom stereocenters. The zero-order valence-electron chi connectivity index (χ0n) is 13.1. The van der Waals surface area contributed by atoms with Crippen LogP contribution >= 0.6 is 0 Å². The van der Waals surface area contributed by atoms with Gasteiger partial charge in [0, 0.05) is 0 Å². The number of benzene rings is 1. The molecule has 1 aromatic rings. The molecule has 7 heteroatoms. The smallest absolute Gasteiger partial charge is 0.389 e. The van der Waals surface area contributed by atoms with E-state index in [0.29, 0.717) is 5.56 Å². The van der Waals surface area contributed by atoms with Crippen LogP contribution in [0, 0.1) is 11.7 Å². The highest BCUT2D eigenvalue weighted by molar-refractivity contribution is 5.95. The molecule has 0 aliphatic carbocycles. The number of hydrogen-bond donors (Lipinski definition) is 0. The van der Waals surface area contributed by atoms with E-state index >= 15 is 0 Å². The quantitative estimate of drug-likeness (QED) is 0.591. The van der Waals surface area contributed by atoms with Crippen LogP contribution < -0.4 is 0 Å². The number of rotatable bonds is 6. The van der Waals surface area contributed by atoms with Crippen molar-refractivity contribution in [1.82, 2.24) is 0 Å². The number of carbonyl (C=O) groups excluding carboxylic acids is 2. The van der Waals surface area contributed by atoms with Crippen molar-refractivity contribution in [2.24, 2.45) is 5.92 Å². The molecule has 0 amide bonds. The van der Waals surface area contributed by atoms with E-state index in [2.05, 4.69) is 4.74 Å². The number of halogens is 3. The van der Waals surface area contributed by atoms with E-state index in [-0.39, 0.29) is 12.8 Å². The van der Waals surface area contributed by atoms with Crippen LogP contribution in [0.3, 0.4) is 0 Å². The van der Waals surface area contributed by atoms with E-state index in [1.54, 1.807) is 20.8 Å². The first-order chi connectivity index (χ1) is 10.6. The monoisotopic (exact) mass is 332 g/mol. The van der Waals surface area contributed by atoms with E-state index < -0.39 is 35.9 Å². The van der Waals surface area contributed by atoms with Gasteiger partial charge in [-0.05, 0) is 51.3 Å². The summed E-state index contributed by atoms with van der Waals surface area (Å²) in [5, 5.41) is 0. The molecule has 0 bridgehead atoms. The fourth-order valence-corrected chi connectivity index (χ4v) is 1.84. The zero-order chi connectivity index (χ0) is 17.6. The Balaban J connectivity index is 2.79. The van der Waals surface area contributed by atoms with Crippen LogP contribution in [0.4, 0.5) is 13.2 Å². The Kier molecular flexibility index (Phi) is 6.60. The number of hydrogen-bond acceptors (Lipinski definition) is 4. The Labute approximate surface area is 132 Å². The summed E-state index contributed by atoms with van der Waals surface area (Å²) in [4.78, 5) is 23.7. The molecule has 0 spiro atoms. The topological polar surface area (TPSA) is 52.6 Å². The summed E-state index contributed by atoms with van der Waals surface area (Å²) >= 11 is 0. The molecule has 0 aliphatic rings. The third kappa shape index (κ3) is 7.17. The number of alkyl halides is 2. The van der Waals surface area contributed by atoms with Crippen molar-refractivity contribution in [1.29, 1.82) is 0 Å². The maximum atomic E-state index is 12.8. The number of aryl methyl sites for hydroxylation is 1. The molecule has 0 saturated carbocycles. The fraction of sp³-hybridized carbons (Fsp3) is 0.500. The number of esters is 2. The van der Waals surface area contributed by atoms with E-state index in [1.807, 2.05) is 0 Å². The third-order valence-electron chi connectivity index (χ3n) is 2.82. The predicted octanol–water partition coefficient (Wildman–Crippen LogP) is 3.48. The molecular formula is C16H19F3O4. The van der Waals surface area contributed by atoms with Crippen LogP contribution in [0.15, 0.2) is 24.3 Å². The molecular weight excluding hydrogens is 313 g/mol. The first-order valence-electron chi connectivity index (χ1n) is 7.04. The molecule has 0 fully saturated rings. The highest BCUT2D eigenvalue weighted by Gasteiger charge is 2.33. The van der Waals surface area contributed by atoms with Crippen LogP contribution in [-0.4, -0.2) is 24.2 Å². The first kappa shape index (κ1) is 19.0. The van der Waals surface area contributed by atoms with E-state index in [4.69, 9.17) is 4.74 Å². The zero-order valence-corrected chi connectivity index (χ0v) is 13.1. The van der Waals surface area contributed by atoms with E-state index in [9.17, 15) is 22.8 Å². The van der Waals surface area contributed by atoms with Crippen LogP contribution in [0.2, 0.25) is 0 Å². The van der Waals surface area contributed by atoms with Gasteiger partial charge in [0.05, 0.1) is 0 Å². The van der Waals surface area contributed by atoms with Gasteiger partial charge in [0.15, 0.2) is 5.92 Å². The molecule has 1 rings (SSSR count). The molecule has 23 heavy (non-hydrogen) atoms. The average molecular weight is 332 g/mol. The van der Waals surface area contributed by atoms with Crippen LogP contribution in [-0.2, 0) is 25.5 Å². The second-order valence-corrected chi connectivity index (χ2v) is 5.95. The minimum absolute atomic E-state index is 0.0773. The molecule has 128 valence electrons. The lowest BCUT2D eigenvalue weighted by molar-refractivity contribution is -0.188. The molecule has 0 aliphatic heterocycles. The van der Waals surface area contributed by atoms with Crippen LogP contribution in [0.25, 0.3) is 0 Å². The Hall–Kier alpha value is -2.05. The van der Waals surface area contributed by atoms with Crippen molar-refractivity contribution in [3.8, 4) is 0 Å². The first-order valence-corrected chi connectivity index (χ1v) is 7.04. The van der Waals surface area contributed by atoms with Crippen molar-refractivity contribution in [2.75, 3.05) is 0 Å². The minimum atomic E-state index is -3.31. The largest absolute Gasteiger partial charge is 0.459 e. The number of carbonyl (C=O) groups is 2. The van der Waals surface area contributed by atoms with Gasteiger partial charge in [0.1, 0.15) is 11.4 Å². The fourth-order valence-electron chi connectivity index (χ4n) is 1.84. The second kappa shape index (κ2) is 7.99. The normalized spacial score (nSPS) is 12.8. The Morgan fingerprint density at radius 2 is 1.65 bits per heavy atom. The van der Waals surface area contributed by atoms with Gasteiger partial charge in [-0.3, -0.25) is 9.59 Å². The SMILES string of the molecule is CC(C)(C)OC(=O)C(CCc1ccc(F)cc1)C(=O)OC(F)F. The van der Waals surface area contributed by atoms with Crippen molar-refractivity contribution in [3.63, 3.8) is 0 Å². The summed E-state index contributed by atoms with van der Waals surface area (Å²) in [6.07, 6.45) is 0.134. The lowest BCUT2D eigenvalue weighted by Gasteiger charge is -2.23. The molecule has 1 unspecified atom stereocenters. The summed E-state index contributed by atoms with van der Waals surface area (Å²) in [7, 11) is 0. The summed E-state index contributed by atoms with van der Waals surface area (Å²) in [5.74, 6) is -4.15. The van der Waals surface area contributed by atoms with Crippen LogP contribution in [0.1, 0.15) is 32.8 Å².